The number of nitrogens with one attached hydrogen (secondary N) is 2. The molecular weight excluding hydrogens is 517 g/mol. The Morgan fingerprint density at radius 2 is 1.54 bits per heavy atom. The topological polar surface area (TPSA) is 122 Å². The smallest absolute Gasteiger partial charge is 0.383 e. The lowest BCUT2D eigenvalue weighted by Crippen LogP contribution is -2.59. The largest absolute Gasteiger partial charge is 0.420 e. The second-order valence-corrected chi connectivity index (χ2v) is 8.14. The molecule has 8 nitrogen and oxygen atoms in total. The van der Waals surface area contributed by atoms with Crippen molar-refractivity contribution in [2.75, 3.05) is 18.8 Å². The van der Waals surface area contributed by atoms with E-state index in [1.54, 1.807) is 0 Å². The molecule has 14 heteroatoms. The fourth-order valence-electron chi connectivity index (χ4n) is 2.94. The zero-order valence-electron chi connectivity index (χ0n) is 17.5. The summed E-state index contributed by atoms with van der Waals surface area (Å²) in [6.07, 6.45) is -4.25. The Bertz CT molecular complexity index is 1230. The van der Waals surface area contributed by atoms with Gasteiger partial charge in [0.05, 0.1) is 40.6 Å². The van der Waals surface area contributed by atoms with Crippen LogP contribution in [0.2, 0.25) is 10.0 Å². The molecule has 0 saturated carbocycles. The molecule has 2 amide bonds. The summed E-state index contributed by atoms with van der Waals surface area (Å²) in [4.78, 5) is 24.8. The molecule has 0 fully saturated rings. The quantitative estimate of drug-likeness (QED) is 0.347. The summed E-state index contributed by atoms with van der Waals surface area (Å²) in [5.41, 5.74) is 2.06. The van der Waals surface area contributed by atoms with Crippen molar-refractivity contribution in [2.45, 2.75) is 11.8 Å². The number of nitrogen functional groups attached to an aromatic ring is 1. The average molecular weight is 534 g/mol. The summed E-state index contributed by atoms with van der Waals surface area (Å²) in [6, 6.07) is 8.98. The number of anilines is 1. The third kappa shape index (κ3) is 5.66. The number of aromatic nitrogens is 2. The normalized spacial score (nSPS) is 13.2. The highest BCUT2D eigenvalue weighted by Crippen LogP contribution is 2.30. The van der Waals surface area contributed by atoms with Crippen LogP contribution in [-0.2, 0) is 0 Å². The van der Waals surface area contributed by atoms with Crippen molar-refractivity contribution in [3.8, 4) is 5.69 Å². The molecule has 0 aliphatic rings. The molecule has 1 aromatic heterocycles. The summed E-state index contributed by atoms with van der Waals surface area (Å²) in [7, 11) is 0. The molecule has 0 bridgehead atoms. The van der Waals surface area contributed by atoms with E-state index in [2.05, 4.69) is 5.10 Å². The molecule has 3 aromatic rings. The average Bonchev–Trinajstić information content (AvgIpc) is 3.17. The number of alkyl halides is 3. The highest BCUT2D eigenvalue weighted by atomic mass is 35.5. The predicted octanol–water partition coefficient (Wildman–Crippen LogP) is 3.35. The number of nitrogens with two attached hydrogens (primary N) is 1. The lowest BCUT2D eigenvalue weighted by atomic mass is 10.0. The fourth-order valence-corrected chi connectivity index (χ4v) is 3.50. The molecule has 0 radical (unpaired) electrons. The summed E-state index contributed by atoms with van der Waals surface area (Å²) in [5, 5.41) is 17.8. The van der Waals surface area contributed by atoms with Crippen LogP contribution in [0.5, 0.6) is 0 Å². The van der Waals surface area contributed by atoms with Crippen molar-refractivity contribution >= 4 is 40.8 Å². The molecule has 0 spiro atoms. The Kier molecular flexibility index (Phi) is 7.58. The minimum Gasteiger partial charge on any atom is -0.383 e. The lowest BCUT2D eigenvalue weighted by molar-refractivity contribution is -0.254. The first kappa shape index (κ1) is 26.3. The lowest BCUT2D eigenvalue weighted by Gasteiger charge is -2.30. The zero-order chi connectivity index (χ0) is 26.0. The molecular formula is C21H17Cl2F4N5O3. The molecule has 35 heavy (non-hydrogen) atoms. The second kappa shape index (κ2) is 10.1. The summed E-state index contributed by atoms with van der Waals surface area (Å²) in [6.45, 7) is -2.64. The van der Waals surface area contributed by atoms with E-state index in [-0.39, 0.29) is 27.0 Å². The third-order valence-corrected chi connectivity index (χ3v) is 5.55. The number of hydrogen-bond acceptors (Lipinski definition) is 5. The zero-order valence-corrected chi connectivity index (χ0v) is 19.0. The summed E-state index contributed by atoms with van der Waals surface area (Å²) in [5.74, 6) is -2.88. The minimum absolute atomic E-state index is 0.104. The number of nitrogens with zero attached hydrogens (tertiary/aromatic N) is 2. The van der Waals surface area contributed by atoms with E-state index in [4.69, 9.17) is 28.9 Å². The van der Waals surface area contributed by atoms with Crippen LogP contribution >= 0.6 is 23.2 Å². The van der Waals surface area contributed by atoms with Crippen molar-refractivity contribution in [3.63, 3.8) is 0 Å². The van der Waals surface area contributed by atoms with E-state index >= 15 is 0 Å². The molecule has 0 aliphatic carbocycles. The first-order chi connectivity index (χ1) is 16.3. The highest BCUT2D eigenvalue weighted by Gasteiger charge is 2.54. The van der Waals surface area contributed by atoms with Crippen LogP contribution in [-0.4, -0.2) is 51.6 Å². The van der Waals surface area contributed by atoms with Gasteiger partial charge >= 0.3 is 6.18 Å². The van der Waals surface area contributed by atoms with Gasteiger partial charge < -0.3 is 21.5 Å². The second-order valence-electron chi connectivity index (χ2n) is 7.32. The van der Waals surface area contributed by atoms with Gasteiger partial charge in [-0.15, -0.1) is 0 Å². The van der Waals surface area contributed by atoms with Crippen LogP contribution in [0.15, 0.2) is 48.7 Å². The molecule has 1 heterocycles. The van der Waals surface area contributed by atoms with Crippen molar-refractivity contribution in [1.29, 1.82) is 0 Å². The molecule has 2 aromatic carbocycles. The monoisotopic (exact) mass is 533 g/mol. The molecule has 3 rings (SSSR count). The van der Waals surface area contributed by atoms with E-state index in [1.165, 1.54) is 30.3 Å². The Labute approximate surface area is 205 Å². The molecule has 0 aliphatic heterocycles. The maximum Gasteiger partial charge on any atom is 0.420 e. The summed E-state index contributed by atoms with van der Waals surface area (Å²) < 4.78 is 55.1. The van der Waals surface area contributed by atoms with Gasteiger partial charge in [-0.25, -0.2) is 9.07 Å². The fraction of sp³-hybridized carbons (Fsp3) is 0.190. The van der Waals surface area contributed by atoms with Crippen molar-refractivity contribution in [2.24, 2.45) is 0 Å². The number of amides is 2. The first-order valence-electron chi connectivity index (χ1n) is 9.73. The number of carbonyl (C=O) groups excluding carboxylic acids is 2. The van der Waals surface area contributed by atoms with Crippen LogP contribution < -0.4 is 16.4 Å². The standard InChI is InChI=1S/C21H17Cl2F4N5O3/c22-14-2-1-3-15(23)16(14)19(34)30-10-20(35,21(25,26)27)9-29-18(33)13-8-31-32(17(13)28)12-6-4-11(24)5-7-12/h1-8,35H,9-10,28H2,(H,29,33)(H,30,34). The Balaban J connectivity index is 1.73. The van der Waals surface area contributed by atoms with E-state index < -0.39 is 42.5 Å². The van der Waals surface area contributed by atoms with Crippen molar-refractivity contribution < 1.29 is 32.3 Å². The van der Waals surface area contributed by atoms with Gasteiger partial charge in [-0.1, -0.05) is 29.3 Å². The van der Waals surface area contributed by atoms with Gasteiger partial charge in [0.15, 0.2) is 5.60 Å². The van der Waals surface area contributed by atoms with Crippen LogP contribution in [0.4, 0.5) is 23.4 Å². The van der Waals surface area contributed by atoms with Crippen LogP contribution in [0, 0.1) is 5.82 Å². The third-order valence-electron chi connectivity index (χ3n) is 4.92. The van der Waals surface area contributed by atoms with Gasteiger partial charge in [-0.3, -0.25) is 9.59 Å². The number of aliphatic hydroxyl groups is 1. The highest BCUT2D eigenvalue weighted by molar-refractivity contribution is 6.39. The van der Waals surface area contributed by atoms with Crippen LogP contribution in [0.1, 0.15) is 20.7 Å². The SMILES string of the molecule is Nc1c(C(=O)NCC(O)(CNC(=O)c2c(Cl)cccc2Cl)C(F)(F)F)cnn1-c1ccc(F)cc1. The van der Waals surface area contributed by atoms with Gasteiger partial charge in [0.25, 0.3) is 11.8 Å². The first-order valence-corrected chi connectivity index (χ1v) is 10.5. The van der Waals surface area contributed by atoms with E-state index in [9.17, 15) is 32.3 Å². The van der Waals surface area contributed by atoms with Gasteiger partial charge in [0.1, 0.15) is 17.2 Å². The maximum absolute atomic E-state index is 13.6. The van der Waals surface area contributed by atoms with Gasteiger partial charge in [0, 0.05) is 0 Å². The number of hydrogen-bond donors (Lipinski definition) is 4. The summed E-state index contributed by atoms with van der Waals surface area (Å²) >= 11 is 11.8. The minimum atomic E-state index is -5.25. The van der Waals surface area contributed by atoms with Crippen molar-refractivity contribution in [3.05, 3.63) is 75.7 Å². The van der Waals surface area contributed by atoms with Crippen LogP contribution in [0.3, 0.4) is 0 Å². The van der Waals surface area contributed by atoms with Gasteiger partial charge in [-0.2, -0.15) is 18.3 Å². The van der Waals surface area contributed by atoms with E-state index in [0.717, 1.165) is 23.0 Å². The number of carbonyl (C=O) groups is 2. The number of benzene rings is 2. The van der Waals surface area contributed by atoms with Crippen molar-refractivity contribution in [1.82, 2.24) is 20.4 Å². The van der Waals surface area contributed by atoms with E-state index in [1.807, 2.05) is 10.6 Å². The van der Waals surface area contributed by atoms with Gasteiger partial charge in [0.2, 0.25) is 0 Å². The molecule has 5 N–H and O–H groups in total. The molecule has 1 unspecified atom stereocenters. The Morgan fingerprint density at radius 1 is 1.00 bits per heavy atom. The number of halogens is 6. The maximum atomic E-state index is 13.6. The van der Waals surface area contributed by atoms with Crippen LogP contribution in [0.25, 0.3) is 5.69 Å². The van der Waals surface area contributed by atoms with Gasteiger partial charge in [-0.05, 0) is 36.4 Å². The Hall–Kier alpha value is -3.35. The molecule has 0 saturated heterocycles. The van der Waals surface area contributed by atoms with E-state index in [0.29, 0.717) is 5.69 Å². The molecule has 1 atom stereocenters. The predicted molar refractivity (Wildman–Crippen MR) is 120 cm³/mol. The molecule has 186 valence electrons. The Morgan fingerprint density at radius 3 is 2.09 bits per heavy atom. The number of rotatable bonds is 7.